The van der Waals surface area contributed by atoms with Gasteiger partial charge in [-0.1, -0.05) is 58.3 Å². The van der Waals surface area contributed by atoms with Crippen LogP contribution in [0.3, 0.4) is 0 Å². The maximum Gasteiger partial charge on any atom is 0.120 e. The molecule has 1 heteroatoms. The standard InChI is InChI=1S/C14H26O/c1-2-3-4-6-13-8-10-14(11-9-13)7-5-12-15/h12-14H,2-11H2,1H3/t13-,14-. The summed E-state index contributed by atoms with van der Waals surface area (Å²) in [5.74, 6) is 1.86. The molecule has 1 rings (SSSR count). The van der Waals surface area contributed by atoms with Gasteiger partial charge in [-0.25, -0.2) is 0 Å². The molecule has 1 aliphatic carbocycles. The summed E-state index contributed by atoms with van der Waals surface area (Å²) >= 11 is 0. The van der Waals surface area contributed by atoms with E-state index in [-0.39, 0.29) is 0 Å². The molecule has 0 aromatic carbocycles. The van der Waals surface area contributed by atoms with Crippen molar-refractivity contribution < 1.29 is 4.79 Å². The van der Waals surface area contributed by atoms with Gasteiger partial charge in [-0.15, -0.1) is 0 Å². The van der Waals surface area contributed by atoms with E-state index in [2.05, 4.69) is 6.92 Å². The highest BCUT2D eigenvalue weighted by Crippen LogP contribution is 2.33. The molecule has 1 saturated carbocycles. The summed E-state index contributed by atoms with van der Waals surface area (Å²) < 4.78 is 0. The minimum absolute atomic E-state index is 0.783. The van der Waals surface area contributed by atoms with Gasteiger partial charge in [0, 0.05) is 6.42 Å². The van der Waals surface area contributed by atoms with Crippen molar-refractivity contribution in [2.24, 2.45) is 11.8 Å². The zero-order valence-electron chi connectivity index (χ0n) is 10.2. The summed E-state index contributed by atoms with van der Waals surface area (Å²) in [6.07, 6.45) is 14.2. The maximum absolute atomic E-state index is 10.3. The first-order valence-electron chi connectivity index (χ1n) is 6.80. The molecule has 0 N–H and O–H groups in total. The summed E-state index contributed by atoms with van der Waals surface area (Å²) in [4.78, 5) is 10.3. The van der Waals surface area contributed by atoms with Crippen LogP contribution in [0.25, 0.3) is 0 Å². The van der Waals surface area contributed by atoms with Crippen LogP contribution in [-0.2, 0) is 4.79 Å². The Kier molecular flexibility index (Phi) is 6.71. The molecule has 1 fully saturated rings. The van der Waals surface area contributed by atoms with E-state index in [4.69, 9.17) is 0 Å². The lowest BCUT2D eigenvalue weighted by atomic mass is 9.78. The third kappa shape index (κ3) is 5.34. The van der Waals surface area contributed by atoms with Gasteiger partial charge in [0.2, 0.25) is 0 Å². The molecule has 0 spiro atoms. The Balaban J connectivity index is 2.04. The zero-order valence-corrected chi connectivity index (χ0v) is 10.2. The van der Waals surface area contributed by atoms with Gasteiger partial charge in [0.1, 0.15) is 6.29 Å². The third-order valence-electron chi connectivity index (χ3n) is 3.88. The van der Waals surface area contributed by atoms with Gasteiger partial charge in [0.25, 0.3) is 0 Å². The highest BCUT2D eigenvalue weighted by molar-refractivity contribution is 5.49. The fraction of sp³-hybridized carbons (Fsp3) is 0.929. The van der Waals surface area contributed by atoms with Crippen LogP contribution in [0.4, 0.5) is 0 Å². The van der Waals surface area contributed by atoms with Crippen molar-refractivity contribution in [2.45, 2.75) is 71.1 Å². The monoisotopic (exact) mass is 210 g/mol. The number of hydrogen-bond acceptors (Lipinski definition) is 1. The topological polar surface area (TPSA) is 17.1 Å². The Labute approximate surface area is 94.6 Å². The Hall–Kier alpha value is -0.330. The van der Waals surface area contributed by atoms with Crippen LogP contribution in [0.5, 0.6) is 0 Å². The zero-order chi connectivity index (χ0) is 10.9. The molecular weight excluding hydrogens is 184 g/mol. The third-order valence-corrected chi connectivity index (χ3v) is 3.88. The molecule has 1 aliphatic rings. The van der Waals surface area contributed by atoms with Gasteiger partial charge in [0.05, 0.1) is 0 Å². The predicted octanol–water partition coefficient (Wildman–Crippen LogP) is 4.35. The molecule has 0 radical (unpaired) electrons. The minimum atomic E-state index is 0.783. The van der Waals surface area contributed by atoms with E-state index in [0.717, 1.165) is 31.0 Å². The van der Waals surface area contributed by atoms with E-state index in [1.807, 2.05) is 0 Å². The quantitative estimate of drug-likeness (QED) is 0.451. The van der Waals surface area contributed by atoms with Gasteiger partial charge in [-0.05, 0) is 18.3 Å². The molecule has 0 atom stereocenters. The van der Waals surface area contributed by atoms with Crippen molar-refractivity contribution in [1.29, 1.82) is 0 Å². The second-order valence-corrected chi connectivity index (χ2v) is 5.13. The van der Waals surface area contributed by atoms with E-state index in [0.29, 0.717) is 0 Å². The lowest BCUT2D eigenvalue weighted by Crippen LogP contribution is -2.14. The molecule has 0 amide bonds. The number of carbonyl (C=O) groups excluding carboxylic acids is 1. The summed E-state index contributed by atoms with van der Waals surface area (Å²) in [5.41, 5.74) is 0. The number of rotatable bonds is 7. The lowest BCUT2D eigenvalue weighted by molar-refractivity contribution is -0.108. The molecule has 0 saturated heterocycles. The fourth-order valence-corrected chi connectivity index (χ4v) is 2.80. The van der Waals surface area contributed by atoms with Crippen LogP contribution in [-0.4, -0.2) is 6.29 Å². The van der Waals surface area contributed by atoms with Crippen molar-refractivity contribution in [3.8, 4) is 0 Å². The molecule has 0 bridgehead atoms. The van der Waals surface area contributed by atoms with Crippen molar-refractivity contribution in [3.63, 3.8) is 0 Å². The average Bonchev–Trinajstić information content (AvgIpc) is 2.28. The van der Waals surface area contributed by atoms with Crippen LogP contribution in [0, 0.1) is 11.8 Å². The first-order chi connectivity index (χ1) is 7.36. The van der Waals surface area contributed by atoms with Gasteiger partial charge in [-0.3, -0.25) is 0 Å². The van der Waals surface area contributed by atoms with E-state index in [9.17, 15) is 4.79 Å². The molecule has 88 valence electrons. The molecule has 0 aliphatic heterocycles. The lowest BCUT2D eigenvalue weighted by Gasteiger charge is -2.28. The second-order valence-electron chi connectivity index (χ2n) is 5.13. The SMILES string of the molecule is CCCCC[C@H]1CC[C@H](CCC=O)CC1. The van der Waals surface area contributed by atoms with E-state index in [1.165, 1.54) is 51.4 Å². The van der Waals surface area contributed by atoms with Crippen LogP contribution in [0.1, 0.15) is 71.1 Å². The summed E-state index contributed by atoms with van der Waals surface area (Å²) in [7, 11) is 0. The smallest absolute Gasteiger partial charge is 0.120 e. The molecule has 0 aromatic heterocycles. The molecular formula is C14H26O. The van der Waals surface area contributed by atoms with E-state index in [1.54, 1.807) is 0 Å². The van der Waals surface area contributed by atoms with Gasteiger partial charge < -0.3 is 4.79 Å². The number of hydrogen-bond donors (Lipinski definition) is 0. The Bertz CT molecular complexity index is 157. The highest BCUT2D eigenvalue weighted by atomic mass is 16.1. The Morgan fingerprint density at radius 3 is 2.13 bits per heavy atom. The van der Waals surface area contributed by atoms with Crippen molar-refractivity contribution in [1.82, 2.24) is 0 Å². The number of unbranched alkanes of at least 4 members (excludes halogenated alkanes) is 2. The first kappa shape index (κ1) is 12.7. The summed E-state index contributed by atoms with van der Waals surface area (Å²) in [5, 5.41) is 0. The Morgan fingerprint density at radius 1 is 1.00 bits per heavy atom. The minimum Gasteiger partial charge on any atom is -0.303 e. The highest BCUT2D eigenvalue weighted by Gasteiger charge is 2.20. The molecule has 1 nitrogen and oxygen atoms in total. The number of aldehydes is 1. The summed E-state index contributed by atoms with van der Waals surface area (Å²) in [6.45, 7) is 2.27. The van der Waals surface area contributed by atoms with Gasteiger partial charge in [0.15, 0.2) is 0 Å². The molecule has 0 unspecified atom stereocenters. The van der Waals surface area contributed by atoms with Crippen molar-refractivity contribution in [3.05, 3.63) is 0 Å². The Morgan fingerprint density at radius 2 is 1.60 bits per heavy atom. The second kappa shape index (κ2) is 7.90. The largest absolute Gasteiger partial charge is 0.303 e. The van der Waals surface area contributed by atoms with Crippen LogP contribution < -0.4 is 0 Å². The van der Waals surface area contributed by atoms with Gasteiger partial charge >= 0.3 is 0 Å². The van der Waals surface area contributed by atoms with Crippen molar-refractivity contribution in [2.75, 3.05) is 0 Å². The average molecular weight is 210 g/mol. The fourth-order valence-electron chi connectivity index (χ4n) is 2.80. The van der Waals surface area contributed by atoms with E-state index >= 15 is 0 Å². The van der Waals surface area contributed by atoms with Crippen molar-refractivity contribution >= 4 is 6.29 Å². The first-order valence-corrected chi connectivity index (χ1v) is 6.80. The van der Waals surface area contributed by atoms with Crippen LogP contribution in [0.15, 0.2) is 0 Å². The normalized spacial score (nSPS) is 26.5. The molecule has 15 heavy (non-hydrogen) atoms. The number of carbonyl (C=O) groups is 1. The van der Waals surface area contributed by atoms with Crippen LogP contribution >= 0.6 is 0 Å². The molecule has 0 aromatic rings. The predicted molar refractivity (Wildman–Crippen MR) is 64.9 cm³/mol. The maximum atomic E-state index is 10.3. The van der Waals surface area contributed by atoms with Gasteiger partial charge in [-0.2, -0.15) is 0 Å². The van der Waals surface area contributed by atoms with Crippen LogP contribution in [0.2, 0.25) is 0 Å². The molecule has 0 heterocycles. The summed E-state index contributed by atoms with van der Waals surface area (Å²) in [6, 6.07) is 0. The van der Waals surface area contributed by atoms with E-state index < -0.39 is 0 Å².